The maximum atomic E-state index is 6.02. The van der Waals surface area contributed by atoms with Crippen molar-refractivity contribution in [3.63, 3.8) is 0 Å². The Morgan fingerprint density at radius 1 is 1.33 bits per heavy atom. The van der Waals surface area contributed by atoms with E-state index >= 15 is 0 Å². The Labute approximate surface area is 88.8 Å². The Kier molecular flexibility index (Phi) is 2.64. The van der Waals surface area contributed by atoms with Crippen molar-refractivity contribution in [2.45, 2.75) is 19.4 Å². The summed E-state index contributed by atoms with van der Waals surface area (Å²) >= 11 is 0. The van der Waals surface area contributed by atoms with Gasteiger partial charge in [-0.1, -0.05) is 6.92 Å². The molecular weight excluding hydrogens is 190 g/mol. The molecule has 3 nitrogen and oxygen atoms in total. The standard InChI is InChI=1S/C12H15NO2/c1-3-11(13)10-4-8-6-15-7-9(8)5-12(10)14-2/h4-7,11H,3,13H2,1-2H3. The highest BCUT2D eigenvalue weighted by molar-refractivity contribution is 5.83. The third-order valence-electron chi connectivity index (χ3n) is 2.66. The highest BCUT2D eigenvalue weighted by Crippen LogP contribution is 2.31. The Bertz CT molecular complexity index is 462. The summed E-state index contributed by atoms with van der Waals surface area (Å²) in [7, 11) is 1.66. The SMILES string of the molecule is CCC(N)c1cc2cocc2cc1OC. The van der Waals surface area contributed by atoms with Crippen LogP contribution in [0.15, 0.2) is 29.1 Å². The van der Waals surface area contributed by atoms with Crippen LogP contribution in [-0.4, -0.2) is 7.11 Å². The van der Waals surface area contributed by atoms with Crippen LogP contribution in [0.25, 0.3) is 10.8 Å². The van der Waals surface area contributed by atoms with Gasteiger partial charge in [-0.15, -0.1) is 0 Å². The maximum absolute atomic E-state index is 6.02. The van der Waals surface area contributed by atoms with E-state index in [0.29, 0.717) is 0 Å². The van der Waals surface area contributed by atoms with Crippen molar-refractivity contribution in [1.29, 1.82) is 0 Å². The minimum Gasteiger partial charge on any atom is -0.496 e. The van der Waals surface area contributed by atoms with Crippen molar-refractivity contribution < 1.29 is 9.15 Å². The van der Waals surface area contributed by atoms with Gasteiger partial charge < -0.3 is 14.9 Å². The highest BCUT2D eigenvalue weighted by atomic mass is 16.5. The number of hydrogen-bond acceptors (Lipinski definition) is 3. The zero-order valence-electron chi connectivity index (χ0n) is 8.99. The van der Waals surface area contributed by atoms with Gasteiger partial charge >= 0.3 is 0 Å². The molecule has 2 aromatic rings. The molecule has 1 heterocycles. The summed E-state index contributed by atoms with van der Waals surface area (Å²) in [6.45, 7) is 2.06. The van der Waals surface area contributed by atoms with E-state index in [0.717, 1.165) is 28.5 Å². The fourth-order valence-electron chi connectivity index (χ4n) is 1.70. The first-order valence-electron chi connectivity index (χ1n) is 5.05. The van der Waals surface area contributed by atoms with E-state index < -0.39 is 0 Å². The largest absolute Gasteiger partial charge is 0.496 e. The van der Waals surface area contributed by atoms with Crippen LogP contribution in [0.4, 0.5) is 0 Å². The number of rotatable bonds is 3. The molecule has 1 aromatic carbocycles. The maximum Gasteiger partial charge on any atom is 0.124 e. The molecule has 0 amide bonds. The molecule has 80 valence electrons. The highest BCUT2D eigenvalue weighted by Gasteiger charge is 2.12. The van der Waals surface area contributed by atoms with Crippen LogP contribution in [0.5, 0.6) is 5.75 Å². The number of nitrogens with two attached hydrogens (primary N) is 1. The Balaban J connectivity index is 2.59. The van der Waals surface area contributed by atoms with Crippen LogP contribution in [0.3, 0.4) is 0 Å². The van der Waals surface area contributed by atoms with Gasteiger partial charge in [0.15, 0.2) is 0 Å². The van der Waals surface area contributed by atoms with Crippen molar-refractivity contribution in [2.24, 2.45) is 5.73 Å². The van der Waals surface area contributed by atoms with Crippen LogP contribution in [0, 0.1) is 0 Å². The first-order valence-corrected chi connectivity index (χ1v) is 5.05. The molecule has 1 unspecified atom stereocenters. The molecule has 1 aromatic heterocycles. The number of hydrogen-bond donors (Lipinski definition) is 1. The van der Waals surface area contributed by atoms with Gasteiger partial charge in [0.25, 0.3) is 0 Å². The van der Waals surface area contributed by atoms with Crippen molar-refractivity contribution >= 4 is 10.8 Å². The van der Waals surface area contributed by atoms with E-state index in [-0.39, 0.29) is 6.04 Å². The van der Waals surface area contributed by atoms with E-state index in [4.69, 9.17) is 14.9 Å². The fourth-order valence-corrected chi connectivity index (χ4v) is 1.70. The molecule has 2 rings (SSSR count). The lowest BCUT2D eigenvalue weighted by Crippen LogP contribution is -2.10. The molecule has 1 atom stereocenters. The van der Waals surface area contributed by atoms with Crippen molar-refractivity contribution in [3.05, 3.63) is 30.2 Å². The number of fused-ring (bicyclic) bond motifs is 1. The molecule has 0 fully saturated rings. The molecule has 2 N–H and O–H groups in total. The Hall–Kier alpha value is -1.48. The Morgan fingerprint density at radius 2 is 2.00 bits per heavy atom. The van der Waals surface area contributed by atoms with Gasteiger partial charge in [-0.05, 0) is 18.6 Å². The van der Waals surface area contributed by atoms with Crippen molar-refractivity contribution in [3.8, 4) is 5.75 Å². The summed E-state index contributed by atoms with van der Waals surface area (Å²) in [5.41, 5.74) is 7.06. The summed E-state index contributed by atoms with van der Waals surface area (Å²) in [4.78, 5) is 0. The predicted molar refractivity (Wildman–Crippen MR) is 60.0 cm³/mol. The molecule has 0 bridgehead atoms. The van der Waals surface area contributed by atoms with Gasteiger partial charge in [-0.25, -0.2) is 0 Å². The number of ether oxygens (including phenoxy) is 1. The van der Waals surface area contributed by atoms with E-state index in [1.807, 2.05) is 12.1 Å². The molecule has 0 aliphatic rings. The molecule has 0 spiro atoms. The molecule has 15 heavy (non-hydrogen) atoms. The topological polar surface area (TPSA) is 48.4 Å². The lowest BCUT2D eigenvalue weighted by atomic mass is 10.0. The smallest absolute Gasteiger partial charge is 0.124 e. The van der Waals surface area contributed by atoms with Gasteiger partial charge in [-0.3, -0.25) is 0 Å². The molecule has 3 heteroatoms. The van der Waals surface area contributed by atoms with Gasteiger partial charge in [0.05, 0.1) is 19.6 Å². The second kappa shape index (κ2) is 3.95. The van der Waals surface area contributed by atoms with Crippen LogP contribution in [0.2, 0.25) is 0 Å². The van der Waals surface area contributed by atoms with Gasteiger partial charge in [0.2, 0.25) is 0 Å². The van der Waals surface area contributed by atoms with Gasteiger partial charge in [0, 0.05) is 22.4 Å². The fraction of sp³-hybridized carbons (Fsp3) is 0.333. The summed E-state index contributed by atoms with van der Waals surface area (Å²) < 4.78 is 10.5. The van der Waals surface area contributed by atoms with Gasteiger partial charge in [-0.2, -0.15) is 0 Å². The second-order valence-corrected chi connectivity index (χ2v) is 3.61. The molecule has 0 aliphatic heterocycles. The van der Waals surface area contributed by atoms with Crippen LogP contribution < -0.4 is 10.5 Å². The lowest BCUT2D eigenvalue weighted by Gasteiger charge is -2.13. The third kappa shape index (κ3) is 1.70. The van der Waals surface area contributed by atoms with Crippen LogP contribution in [0.1, 0.15) is 24.9 Å². The minimum absolute atomic E-state index is 0.0132. The minimum atomic E-state index is 0.0132. The first-order chi connectivity index (χ1) is 7.26. The molecule has 0 saturated heterocycles. The number of methoxy groups -OCH3 is 1. The summed E-state index contributed by atoms with van der Waals surface area (Å²) in [6.07, 6.45) is 4.32. The average Bonchev–Trinajstić information content (AvgIpc) is 2.73. The monoisotopic (exact) mass is 205 g/mol. The summed E-state index contributed by atoms with van der Waals surface area (Å²) in [6, 6.07) is 4.01. The molecule has 0 saturated carbocycles. The van der Waals surface area contributed by atoms with Crippen molar-refractivity contribution in [1.82, 2.24) is 0 Å². The normalized spacial score (nSPS) is 13.0. The Morgan fingerprint density at radius 3 is 2.60 bits per heavy atom. The van der Waals surface area contributed by atoms with Crippen LogP contribution >= 0.6 is 0 Å². The van der Waals surface area contributed by atoms with Crippen LogP contribution in [-0.2, 0) is 0 Å². The summed E-state index contributed by atoms with van der Waals surface area (Å²) in [5.74, 6) is 0.832. The first kappa shape index (κ1) is 10.1. The third-order valence-corrected chi connectivity index (χ3v) is 2.66. The van der Waals surface area contributed by atoms with E-state index in [1.165, 1.54) is 0 Å². The predicted octanol–water partition coefficient (Wildman–Crippen LogP) is 2.85. The molecule has 0 radical (unpaired) electrons. The number of benzene rings is 1. The average molecular weight is 205 g/mol. The van der Waals surface area contributed by atoms with E-state index in [9.17, 15) is 0 Å². The van der Waals surface area contributed by atoms with E-state index in [1.54, 1.807) is 19.6 Å². The lowest BCUT2D eigenvalue weighted by molar-refractivity contribution is 0.406. The quantitative estimate of drug-likeness (QED) is 0.838. The van der Waals surface area contributed by atoms with E-state index in [2.05, 4.69) is 6.92 Å². The zero-order chi connectivity index (χ0) is 10.8. The second-order valence-electron chi connectivity index (χ2n) is 3.61. The van der Waals surface area contributed by atoms with Gasteiger partial charge in [0.1, 0.15) is 5.75 Å². The summed E-state index contributed by atoms with van der Waals surface area (Å²) in [5, 5.41) is 2.11. The zero-order valence-corrected chi connectivity index (χ0v) is 8.99. The van der Waals surface area contributed by atoms with Crippen molar-refractivity contribution in [2.75, 3.05) is 7.11 Å². The molecule has 0 aliphatic carbocycles. The molecular formula is C12H15NO2. The number of furan rings is 1.